The molecule has 2 aromatic carbocycles. The molecule has 30 heavy (non-hydrogen) atoms. The number of hydrogen-bond donors (Lipinski definition) is 1. The zero-order chi connectivity index (χ0) is 22.3. The maximum absolute atomic E-state index is 13.1. The van der Waals surface area contributed by atoms with Gasteiger partial charge in [0.1, 0.15) is 6.04 Å². The van der Waals surface area contributed by atoms with E-state index in [-0.39, 0.29) is 17.4 Å². The number of rotatable bonds is 8. The minimum atomic E-state index is -0.566. The first-order valence-corrected chi connectivity index (χ1v) is 11.6. The van der Waals surface area contributed by atoms with E-state index >= 15 is 0 Å². The van der Waals surface area contributed by atoms with Gasteiger partial charge in [0.25, 0.3) is 0 Å². The van der Waals surface area contributed by atoms with Crippen molar-refractivity contribution in [2.75, 3.05) is 5.75 Å². The molecule has 2 amide bonds. The third-order valence-electron chi connectivity index (χ3n) is 4.48. The number of hydrogen-bond acceptors (Lipinski definition) is 3. The van der Waals surface area contributed by atoms with Crippen molar-refractivity contribution in [2.24, 2.45) is 0 Å². The number of carbonyl (C=O) groups is 2. The van der Waals surface area contributed by atoms with Crippen molar-refractivity contribution in [3.8, 4) is 0 Å². The van der Waals surface area contributed by atoms with E-state index < -0.39 is 6.04 Å². The van der Waals surface area contributed by atoms with Crippen LogP contribution in [0.2, 0.25) is 5.02 Å². The minimum Gasteiger partial charge on any atom is -0.350 e. The Hall–Kier alpha value is -1.98. The highest BCUT2D eigenvalue weighted by atomic mass is 35.5. The number of thioether (sulfide) groups is 1. The molecule has 0 saturated heterocycles. The molecular formula is C24H31ClN2O2S. The Bertz CT molecular complexity index is 880. The molecule has 2 rings (SSSR count). The van der Waals surface area contributed by atoms with Gasteiger partial charge in [-0.2, -0.15) is 0 Å². The fourth-order valence-electron chi connectivity index (χ4n) is 3.03. The average molecular weight is 447 g/mol. The Balaban J connectivity index is 2.10. The maximum Gasteiger partial charge on any atom is 0.242 e. The highest BCUT2D eigenvalue weighted by Gasteiger charge is 2.28. The van der Waals surface area contributed by atoms with Crippen LogP contribution in [0.3, 0.4) is 0 Å². The molecule has 1 N–H and O–H groups in total. The van der Waals surface area contributed by atoms with Gasteiger partial charge in [0.15, 0.2) is 0 Å². The second kappa shape index (κ2) is 10.9. The summed E-state index contributed by atoms with van der Waals surface area (Å²) < 4.78 is 0. The monoisotopic (exact) mass is 446 g/mol. The lowest BCUT2D eigenvalue weighted by atomic mass is 10.1. The van der Waals surface area contributed by atoms with Crippen LogP contribution in [0.25, 0.3) is 0 Å². The Morgan fingerprint density at radius 2 is 1.77 bits per heavy atom. The Labute approximate surface area is 189 Å². The molecule has 162 valence electrons. The van der Waals surface area contributed by atoms with Gasteiger partial charge in [0.05, 0.1) is 5.75 Å². The molecule has 1 atom stereocenters. The number of halogens is 1. The van der Waals surface area contributed by atoms with Crippen molar-refractivity contribution in [3.63, 3.8) is 0 Å². The van der Waals surface area contributed by atoms with Crippen molar-refractivity contribution < 1.29 is 9.59 Å². The van der Waals surface area contributed by atoms with Crippen LogP contribution >= 0.6 is 23.4 Å². The molecule has 0 fully saturated rings. The molecule has 2 aromatic rings. The first-order chi connectivity index (χ1) is 14.0. The van der Waals surface area contributed by atoms with E-state index in [9.17, 15) is 9.59 Å². The molecule has 0 aliphatic carbocycles. The third-order valence-corrected chi connectivity index (χ3v) is 5.71. The standard InChI is InChI=1S/C24H31ClN2O2S/c1-17-8-6-9-19(12-17)14-27(18(2)23(29)26-24(3,4)5)22(28)16-30-15-20-10-7-11-21(25)13-20/h6-13,18H,14-16H2,1-5H3,(H,26,29). The highest BCUT2D eigenvalue weighted by Crippen LogP contribution is 2.19. The summed E-state index contributed by atoms with van der Waals surface area (Å²) in [5, 5.41) is 3.67. The molecule has 0 heterocycles. The lowest BCUT2D eigenvalue weighted by molar-refractivity contribution is -0.139. The van der Waals surface area contributed by atoms with Crippen molar-refractivity contribution in [3.05, 3.63) is 70.2 Å². The van der Waals surface area contributed by atoms with Crippen LogP contribution in [-0.4, -0.2) is 34.0 Å². The van der Waals surface area contributed by atoms with E-state index in [1.807, 2.05) is 76.2 Å². The topological polar surface area (TPSA) is 49.4 Å². The van der Waals surface area contributed by atoms with Gasteiger partial charge in [-0.1, -0.05) is 53.6 Å². The molecule has 0 saturated carbocycles. The van der Waals surface area contributed by atoms with Crippen LogP contribution in [0.5, 0.6) is 0 Å². The molecule has 0 aliphatic rings. The Morgan fingerprint density at radius 3 is 2.40 bits per heavy atom. The molecule has 4 nitrogen and oxygen atoms in total. The predicted octanol–water partition coefficient (Wildman–Crippen LogP) is 5.21. The quantitative estimate of drug-likeness (QED) is 0.605. The fraction of sp³-hybridized carbons (Fsp3) is 0.417. The molecule has 0 bridgehead atoms. The lowest BCUT2D eigenvalue weighted by Gasteiger charge is -2.31. The zero-order valence-electron chi connectivity index (χ0n) is 18.4. The summed E-state index contributed by atoms with van der Waals surface area (Å²) in [6.07, 6.45) is 0. The van der Waals surface area contributed by atoms with E-state index in [0.717, 1.165) is 16.7 Å². The molecule has 6 heteroatoms. The maximum atomic E-state index is 13.1. The molecule has 0 spiro atoms. The van der Waals surface area contributed by atoms with Crippen LogP contribution in [-0.2, 0) is 21.9 Å². The summed E-state index contributed by atoms with van der Waals surface area (Å²) >= 11 is 7.57. The largest absolute Gasteiger partial charge is 0.350 e. The predicted molar refractivity (Wildman–Crippen MR) is 127 cm³/mol. The summed E-state index contributed by atoms with van der Waals surface area (Å²) in [5.74, 6) is 0.780. The van der Waals surface area contributed by atoms with Crippen LogP contribution in [0, 0.1) is 6.92 Å². The Kier molecular flexibility index (Phi) is 8.80. The third kappa shape index (κ3) is 8.04. The van der Waals surface area contributed by atoms with Crippen LogP contribution in [0.1, 0.15) is 44.4 Å². The second-order valence-electron chi connectivity index (χ2n) is 8.55. The molecule has 1 unspecified atom stereocenters. The molecule has 0 radical (unpaired) electrons. The summed E-state index contributed by atoms with van der Waals surface area (Å²) in [5.41, 5.74) is 2.86. The number of amides is 2. The smallest absolute Gasteiger partial charge is 0.242 e. The summed E-state index contributed by atoms with van der Waals surface area (Å²) in [6, 6.07) is 15.1. The fourth-order valence-corrected chi connectivity index (χ4v) is 4.10. The first-order valence-electron chi connectivity index (χ1n) is 10.0. The SMILES string of the molecule is Cc1cccc(CN(C(=O)CSCc2cccc(Cl)c2)C(C)C(=O)NC(C)(C)C)c1. The zero-order valence-corrected chi connectivity index (χ0v) is 19.9. The summed E-state index contributed by atoms with van der Waals surface area (Å²) in [6.45, 7) is 10.0. The normalized spacial score (nSPS) is 12.3. The minimum absolute atomic E-state index is 0.0555. The van der Waals surface area contributed by atoms with Gasteiger partial charge in [-0.25, -0.2) is 0 Å². The van der Waals surface area contributed by atoms with Gasteiger partial charge in [-0.05, 0) is 57.9 Å². The van der Waals surface area contributed by atoms with Crippen molar-refractivity contribution in [1.29, 1.82) is 0 Å². The van der Waals surface area contributed by atoms with Gasteiger partial charge in [-0.3, -0.25) is 9.59 Å². The van der Waals surface area contributed by atoms with Crippen LogP contribution in [0.15, 0.2) is 48.5 Å². The first kappa shape index (κ1) is 24.3. The lowest BCUT2D eigenvalue weighted by Crippen LogP contribution is -2.52. The Morgan fingerprint density at radius 1 is 1.10 bits per heavy atom. The van der Waals surface area contributed by atoms with Gasteiger partial charge in [-0.15, -0.1) is 11.8 Å². The van der Waals surface area contributed by atoms with Gasteiger partial charge in [0.2, 0.25) is 11.8 Å². The van der Waals surface area contributed by atoms with Crippen molar-refractivity contribution in [1.82, 2.24) is 10.2 Å². The van der Waals surface area contributed by atoms with Crippen LogP contribution < -0.4 is 5.32 Å². The molecule has 0 aliphatic heterocycles. The number of nitrogens with zero attached hydrogens (tertiary/aromatic N) is 1. The van der Waals surface area contributed by atoms with E-state index in [1.54, 1.807) is 11.8 Å². The highest BCUT2D eigenvalue weighted by molar-refractivity contribution is 7.99. The van der Waals surface area contributed by atoms with Gasteiger partial charge < -0.3 is 10.2 Å². The van der Waals surface area contributed by atoms with Crippen LogP contribution in [0.4, 0.5) is 0 Å². The number of benzene rings is 2. The molecule has 0 aromatic heterocycles. The number of carbonyl (C=O) groups excluding carboxylic acids is 2. The van der Waals surface area contributed by atoms with Gasteiger partial charge in [0, 0.05) is 22.9 Å². The van der Waals surface area contributed by atoms with Gasteiger partial charge >= 0.3 is 0 Å². The number of nitrogens with one attached hydrogen (secondary N) is 1. The van der Waals surface area contributed by atoms with E-state index in [2.05, 4.69) is 5.32 Å². The van der Waals surface area contributed by atoms with E-state index in [1.165, 1.54) is 11.8 Å². The van der Waals surface area contributed by atoms with Crippen molar-refractivity contribution in [2.45, 2.75) is 58.5 Å². The second-order valence-corrected chi connectivity index (χ2v) is 9.97. The summed E-state index contributed by atoms with van der Waals surface area (Å²) in [7, 11) is 0. The van der Waals surface area contributed by atoms with E-state index in [0.29, 0.717) is 23.1 Å². The van der Waals surface area contributed by atoms with E-state index in [4.69, 9.17) is 11.6 Å². The number of aryl methyl sites for hydroxylation is 1. The molecular weight excluding hydrogens is 416 g/mol. The average Bonchev–Trinajstić information content (AvgIpc) is 2.64. The summed E-state index contributed by atoms with van der Waals surface area (Å²) in [4.78, 5) is 27.5. The van der Waals surface area contributed by atoms with Crippen molar-refractivity contribution >= 4 is 35.2 Å².